The molecule has 0 radical (unpaired) electrons. The summed E-state index contributed by atoms with van der Waals surface area (Å²) in [5.74, 6) is -0.806. The molecule has 0 unspecified atom stereocenters. The van der Waals surface area contributed by atoms with E-state index >= 15 is 0 Å². The maximum atomic E-state index is 11.9. The van der Waals surface area contributed by atoms with E-state index in [2.05, 4.69) is 5.32 Å². The Bertz CT molecular complexity index is 632. The minimum Gasteiger partial charge on any atom is -0.484 e. The zero-order chi connectivity index (χ0) is 18.4. The molecule has 2 atom stereocenters. The number of anilines is 1. The van der Waals surface area contributed by atoms with Crippen molar-refractivity contribution in [3.8, 4) is 5.75 Å². The van der Waals surface area contributed by atoms with Crippen molar-refractivity contribution in [1.82, 2.24) is 10.8 Å². The third kappa shape index (κ3) is 4.91. The van der Waals surface area contributed by atoms with E-state index in [1.165, 1.54) is 12.4 Å². The van der Waals surface area contributed by atoms with Crippen LogP contribution in [0.15, 0.2) is 24.3 Å². The van der Waals surface area contributed by atoms with E-state index in [0.29, 0.717) is 18.7 Å². The van der Waals surface area contributed by atoms with Crippen LogP contribution in [0.3, 0.4) is 0 Å². The lowest BCUT2D eigenvalue weighted by atomic mass is 10.1. The van der Waals surface area contributed by atoms with Gasteiger partial charge >= 0.3 is 0 Å². The van der Waals surface area contributed by atoms with Gasteiger partial charge in [-0.1, -0.05) is 0 Å². The lowest BCUT2D eigenvalue weighted by Crippen LogP contribution is -2.55. The maximum absolute atomic E-state index is 11.9. The van der Waals surface area contributed by atoms with Crippen molar-refractivity contribution in [1.29, 1.82) is 0 Å². The number of rotatable bonds is 7. The lowest BCUT2D eigenvalue weighted by Gasteiger charge is -2.20. The number of nitrogens with two attached hydrogens (primary N) is 1. The summed E-state index contributed by atoms with van der Waals surface area (Å²) in [6.45, 7) is 1.91. The third-order valence-electron chi connectivity index (χ3n) is 3.83. The number of nitrogens with one attached hydrogen (secondary N) is 2. The van der Waals surface area contributed by atoms with E-state index in [-0.39, 0.29) is 12.5 Å². The van der Waals surface area contributed by atoms with E-state index in [9.17, 15) is 14.4 Å². The van der Waals surface area contributed by atoms with Crippen LogP contribution in [0.5, 0.6) is 5.75 Å². The van der Waals surface area contributed by atoms with Crippen LogP contribution in [0.2, 0.25) is 0 Å². The Morgan fingerprint density at radius 1 is 1.36 bits per heavy atom. The second kappa shape index (κ2) is 8.45. The molecule has 1 saturated heterocycles. The first kappa shape index (κ1) is 18.7. The average Bonchev–Trinajstić information content (AvgIpc) is 3.03. The molecule has 3 amide bonds. The van der Waals surface area contributed by atoms with Gasteiger partial charge in [0.1, 0.15) is 11.8 Å². The molecule has 1 aromatic carbocycles. The number of hydroxylamine groups is 1. The van der Waals surface area contributed by atoms with Gasteiger partial charge in [-0.05, 0) is 37.6 Å². The van der Waals surface area contributed by atoms with Gasteiger partial charge in [0.15, 0.2) is 6.61 Å². The Balaban J connectivity index is 1.87. The van der Waals surface area contributed by atoms with Crippen molar-refractivity contribution < 1.29 is 24.3 Å². The highest BCUT2D eigenvalue weighted by molar-refractivity contribution is 5.95. The molecular weight excluding hydrogens is 328 g/mol. The van der Waals surface area contributed by atoms with Crippen molar-refractivity contribution in [2.75, 3.05) is 18.1 Å². The normalized spacial score (nSPS) is 16.3. The summed E-state index contributed by atoms with van der Waals surface area (Å²) in [6, 6.07) is 5.08. The molecule has 25 heavy (non-hydrogen) atoms. The number of hydrogen-bond acceptors (Lipinski definition) is 6. The Morgan fingerprint density at radius 3 is 2.56 bits per heavy atom. The summed E-state index contributed by atoms with van der Waals surface area (Å²) >= 11 is 0. The van der Waals surface area contributed by atoms with Gasteiger partial charge < -0.3 is 20.7 Å². The second-order valence-corrected chi connectivity index (χ2v) is 5.81. The van der Waals surface area contributed by atoms with Gasteiger partial charge in [0.25, 0.3) is 11.8 Å². The monoisotopic (exact) mass is 350 g/mol. The first-order chi connectivity index (χ1) is 11.9. The highest BCUT2D eigenvalue weighted by Gasteiger charge is 2.24. The quantitative estimate of drug-likeness (QED) is 0.388. The van der Waals surface area contributed by atoms with Gasteiger partial charge in [-0.3, -0.25) is 19.6 Å². The number of carbonyl (C=O) groups excluding carboxylic acids is 3. The van der Waals surface area contributed by atoms with Crippen molar-refractivity contribution in [2.24, 2.45) is 5.73 Å². The molecule has 1 aromatic rings. The van der Waals surface area contributed by atoms with E-state index in [1.807, 2.05) is 0 Å². The van der Waals surface area contributed by atoms with Crippen LogP contribution in [0, 0.1) is 0 Å². The molecule has 9 nitrogen and oxygen atoms in total. The predicted molar refractivity (Wildman–Crippen MR) is 89.0 cm³/mol. The minimum atomic E-state index is -1.07. The highest BCUT2D eigenvalue weighted by atomic mass is 16.5. The van der Waals surface area contributed by atoms with Crippen molar-refractivity contribution >= 4 is 23.4 Å². The Labute approximate surface area is 145 Å². The van der Waals surface area contributed by atoms with Crippen molar-refractivity contribution in [2.45, 2.75) is 31.8 Å². The van der Waals surface area contributed by atoms with Gasteiger partial charge in [0, 0.05) is 24.7 Å². The van der Waals surface area contributed by atoms with Crippen LogP contribution >= 0.6 is 0 Å². The number of benzene rings is 1. The summed E-state index contributed by atoms with van der Waals surface area (Å²) in [4.78, 5) is 36.7. The second-order valence-electron chi connectivity index (χ2n) is 5.81. The highest BCUT2D eigenvalue weighted by Crippen LogP contribution is 2.23. The molecule has 0 bridgehead atoms. The average molecular weight is 350 g/mol. The number of carbonyl (C=O) groups is 3. The Morgan fingerprint density at radius 2 is 2.04 bits per heavy atom. The van der Waals surface area contributed by atoms with Gasteiger partial charge in [-0.2, -0.15) is 0 Å². The predicted octanol–water partition coefficient (Wildman–Crippen LogP) is -0.470. The van der Waals surface area contributed by atoms with Crippen LogP contribution in [0.25, 0.3) is 0 Å². The molecule has 9 heteroatoms. The topological polar surface area (TPSA) is 134 Å². The molecule has 0 aromatic heterocycles. The number of hydrogen-bond donors (Lipinski definition) is 4. The maximum Gasteiger partial charge on any atom is 0.267 e. The first-order valence-corrected chi connectivity index (χ1v) is 7.94. The fourth-order valence-corrected chi connectivity index (χ4v) is 2.51. The zero-order valence-corrected chi connectivity index (χ0v) is 13.9. The van der Waals surface area contributed by atoms with Gasteiger partial charge in [-0.25, -0.2) is 5.48 Å². The Hall–Kier alpha value is -2.65. The largest absolute Gasteiger partial charge is 0.484 e. The molecular formula is C16H22N4O5. The number of ether oxygens (including phenoxy) is 1. The summed E-state index contributed by atoms with van der Waals surface area (Å²) in [5.41, 5.74) is 7.84. The van der Waals surface area contributed by atoms with Crippen LogP contribution in [0.4, 0.5) is 5.69 Å². The lowest BCUT2D eigenvalue weighted by molar-refractivity contribution is -0.135. The van der Waals surface area contributed by atoms with Gasteiger partial charge in [0.05, 0.1) is 0 Å². The van der Waals surface area contributed by atoms with Crippen LogP contribution in [-0.2, 0) is 14.4 Å². The summed E-state index contributed by atoms with van der Waals surface area (Å²) < 4.78 is 5.36. The van der Waals surface area contributed by atoms with Crippen LogP contribution < -0.4 is 26.2 Å². The standard InChI is InChI=1S/C16H22N4O5/c1-10(17)15(16(23)19-24)18-13(21)9-25-12-6-4-11(5-7-12)20-8-2-3-14(20)22/h4-7,10,15,24H,2-3,8-9,17H2,1H3,(H,18,21)(H,19,23)/t10-,15+/m1/s1. The van der Waals surface area contributed by atoms with Crippen LogP contribution in [-0.4, -0.2) is 48.2 Å². The molecule has 0 saturated carbocycles. The van der Waals surface area contributed by atoms with E-state index in [4.69, 9.17) is 15.7 Å². The van der Waals surface area contributed by atoms with Gasteiger partial charge in [0.2, 0.25) is 5.91 Å². The number of amides is 3. The van der Waals surface area contributed by atoms with E-state index in [0.717, 1.165) is 12.1 Å². The fourth-order valence-electron chi connectivity index (χ4n) is 2.51. The van der Waals surface area contributed by atoms with Crippen molar-refractivity contribution in [3.63, 3.8) is 0 Å². The molecule has 0 spiro atoms. The molecule has 0 aliphatic carbocycles. The van der Waals surface area contributed by atoms with Crippen LogP contribution in [0.1, 0.15) is 19.8 Å². The summed E-state index contributed by atoms with van der Waals surface area (Å²) in [5, 5.41) is 11.0. The smallest absolute Gasteiger partial charge is 0.267 e. The molecule has 5 N–H and O–H groups in total. The molecule has 1 aliphatic rings. The fraction of sp³-hybridized carbons (Fsp3) is 0.438. The zero-order valence-electron chi connectivity index (χ0n) is 13.9. The third-order valence-corrected chi connectivity index (χ3v) is 3.83. The number of nitrogens with zero attached hydrogens (tertiary/aromatic N) is 1. The van der Waals surface area contributed by atoms with E-state index < -0.39 is 23.9 Å². The first-order valence-electron chi connectivity index (χ1n) is 7.94. The molecule has 2 rings (SSSR count). The van der Waals surface area contributed by atoms with Gasteiger partial charge in [-0.15, -0.1) is 0 Å². The molecule has 1 fully saturated rings. The molecule has 1 aliphatic heterocycles. The van der Waals surface area contributed by atoms with E-state index in [1.54, 1.807) is 29.2 Å². The summed E-state index contributed by atoms with van der Waals surface area (Å²) in [7, 11) is 0. The SMILES string of the molecule is C[C@@H](N)[C@H](NC(=O)COc1ccc(N2CCCC2=O)cc1)C(=O)NO. The minimum absolute atomic E-state index is 0.0946. The molecule has 136 valence electrons. The molecule has 1 heterocycles. The Kier molecular flexibility index (Phi) is 6.31. The van der Waals surface area contributed by atoms with Crippen molar-refractivity contribution in [3.05, 3.63) is 24.3 Å². The summed E-state index contributed by atoms with van der Waals surface area (Å²) in [6.07, 6.45) is 1.40.